The fourth-order valence-electron chi connectivity index (χ4n) is 3.67. The predicted octanol–water partition coefficient (Wildman–Crippen LogP) is 2.64. The third-order valence-electron chi connectivity index (χ3n) is 5.23. The number of carbonyl (C=O) groups is 3. The van der Waals surface area contributed by atoms with Crippen molar-refractivity contribution in [3.63, 3.8) is 0 Å². The minimum atomic E-state index is -0.476. The summed E-state index contributed by atoms with van der Waals surface area (Å²) < 4.78 is 0. The van der Waals surface area contributed by atoms with Gasteiger partial charge in [-0.3, -0.25) is 14.4 Å². The van der Waals surface area contributed by atoms with Gasteiger partial charge in [0, 0.05) is 36.5 Å². The molecular formula is C22H23N3O3S. The molecule has 2 heterocycles. The van der Waals surface area contributed by atoms with Gasteiger partial charge in [-0.05, 0) is 36.2 Å². The van der Waals surface area contributed by atoms with Crippen molar-refractivity contribution in [2.75, 3.05) is 23.1 Å². The fourth-order valence-corrected chi connectivity index (χ4v) is 4.82. The maximum absolute atomic E-state index is 12.8. The van der Waals surface area contributed by atoms with E-state index in [0.717, 1.165) is 24.2 Å². The van der Waals surface area contributed by atoms with Crippen molar-refractivity contribution in [3.8, 4) is 0 Å². The molecule has 2 aliphatic rings. The molecule has 2 aromatic carbocycles. The Bertz CT molecular complexity index is 919. The number of amides is 3. The molecule has 3 amide bonds. The predicted molar refractivity (Wildman–Crippen MR) is 114 cm³/mol. The van der Waals surface area contributed by atoms with Gasteiger partial charge in [0.25, 0.3) is 5.91 Å². The summed E-state index contributed by atoms with van der Waals surface area (Å²) in [6.07, 6.45) is 1.47. The molecule has 1 N–H and O–H groups in total. The highest BCUT2D eigenvalue weighted by Crippen LogP contribution is 2.24. The van der Waals surface area contributed by atoms with Crippen LogP contribution in [0.4, 0.5) is 5.69 Å². The van der Waals surface area contributed by atoms with E-state index in [1.807, 2.05) is 42.5 Å². The van der Waals surface area contributed by atoms with Crippen LogP contribution in [-0.4, -0.2) is 46.8 Å². The standard InChI is InChI=1S/C22H23N3O3S/c26-20-10-5-11-24(20)18-9-4-6-16(12-18)13-23-21(27)19-14-29-15-25(19)22(28)17-7-2-1-3-8-17/h1-4,6-9,12,19H,5,10-11,13-15H2,(H,23,27)/t19-/m0/s1. The van der Waals surface area contributed by atoms with Crippen LogP contribution in [0.5, 0.6) is 0 Å². The van der Waals surface area contributed by atoms with Crippen molar-refractivity contribution in [1.29, 1.82) is 0 Å². The smallest absolute Gasteiger partial charge is 0.255 e. The molecule has 1 atom stereocenters. The summed E-state index contributed by atoms with van der Waals surface area (Å²) in [6.45, 7) is 1.10. The molecule has 0 aromatic heterocycles. The lowest BCUT2D eigenvalue weighted by atomic mass is 10.1. The van der Waals surface area contributed by atoms with Gasteiger partial charge in [-0.25, -0.2) is 0 Å². The first-order valence-corrected chi connectivity index (χ1v) is 10.9. The van der Waals surface area contributed by atoms with E-state index in [0.29, 0.717) is 30.2 Å². The molecule has 2 saturated heterocycles. The number of rotatable bonds is 5. The highest BCUT2D eigenvalue weighted by atomic mass is 32.2. The zero-order valence-corrected chi connectivity index (χ0v) is 16.9. The molecule has 29 heavy (non-hydrogen) atoms. The zero-order chi connectivity index (χ0) is 20.2. The lowest BCUT2D eigenvalue weighted by Crippen LogP contribution is -2.47. The average molecular weight is 410 g/mol. The van der Waals surface area contributed by atoms with Gasteiger partial charge in [0.1, 0.15) is 6.04 Å². The molecule has 6 nitrogen and oxygen atoms in total. The molecule has 150 valence electrons. The summed E-state index contributed by atoms with van der Waals surface area (Å²) in [5.74, 6) is 0.974. The fraction of sp³-hybridized carbons (Fsp3) is 0.318. The Hall–Kier alpha value is -2.80. The molecule has 4 rings (SSSR count). The first-order valence-electron chi connectivity index (χ1n) is 9.74. The summed E-state index contributed by atoms with van der Waals surface area (Å²) in [7, 11) is 0. The van der Waals surface area contributed by atoms with Gasteiger partial charge in [-0.15, -0.1) is 11.8 Å². The number of nitrogens with zero attached hydrogens (tertiary/aromatic N) is 2. The van der Waals surface area contributed by atoms with Crippen molar-refractivity contribution >= 4 is 35.2 Å². The van der Waals surface area contributed by atoms with Gasteiger partial charge < -0.3 is 15.1 Å². The molecule has 0 spiro atoms. The minimum Gasteiger partial charge on any atom is -0.350 e. The van der Waals surface area contributed by atoms with Crippen LogP contribution in [0, 0.1) is 0 Å². The second kappa shape index (κ2) is 8.69. The Morgan fingerprint density at radius 2 is 1.93 bits per heavy atom. The van der Waals surface area contributed by atoms with Crippen LogP contribution in [0.15, 0.2) is 54.6 Å². The van der Waals surface area contributed by atoms with Crippen LogP contribution in [0.2, 0.25) is 0 Å². The van der Waals surface area contributed by atoms with Crippen LogP contribution in [0.25, 0.3) is 0 Å². The second-order valence-electron chi connectivity index (χ2n) is 7.19. The highest BCUT2D eigenvalue weighted by molar-refractivity contribution is 7.99. The van der Waals surface area contributed by atoms with E-state index in [-0.39, 0.29) is 17.7 Å². The minimum absolute atomic E-state index is 0.120. The van der Waals surface area contributed by atoms with Crippen molar-refractivity contribution in [2.45, 2.75) is 25.4 Å². The van der Waals surface area contributed by atoms with Crippen LogP contribution in [0.3, 0.4) is 0 Å². The molecule has 2 aromatic rings. The van der Waals surface area contributed by atoms with E-state index >= 15 is 0 Å². The molecule has 0 unspecified atom stereocenters. The number of nitrogens with one attached hydrogen (secondary N) is 1. The molecular weight excluding hydrogens is 386 g/mol. The van der Waals surface area contributed by atoms with E-state index in [1.54, 1.807) is 33.7 Å². The Kier molecular flexibility index (Phi) is 5.85. The van der Waals surface area contributed by atoms with Crippen LogP contribution < -0.4 is 10.2 Å². The summed E-state index contributed by atoms with van der Waals surface area (Å²) >= 11 is 1.58. The molecule has 0 bridgehead atoms. The Labute approximate surface area is 174 Å². The quantitative estimate of drug-likeness (QED) is 0.824. The highest BCUT2D eigenvalue weighted by Gasteiger charge is 2.35. The summed E-state index contributed by atoms with van der Waals surface area (Å²) in [5, 5.41) is 2.96. The van der Waals surface area contributed by atoms with Gasteiger partial charge >= 0.3 is 0 Å². The summed E-state index contributed by atoms with van der Waals surface area (Å²) in [5.41, 5.74) is 2.40. The van der Waals surface area contributed by atoms with Gasteiger partial charge in [0.2, 0.25) is 11.8 Å². The molecule has 2 fully saturated rings. The maximum atomic E-state index is 12.8. The Morgan fingerprint density at radius 3 is 2.69 bits per heavy atom. The summed E-state index contributed by atoms with van der Waals surface area (Å²) in [6, 6.07) is 16.3. The van der Waals surface area contributed by atoms with Crippen molar-refractivity contribution < 1.29 is 14.4 Å². The number of carbonyl (C=O) groups excluding carboxylic acids is 3. The first-order chi connectivity index (χ1) is 14.1. The van der Waals surface area contributed by atoms with E-state index in [2.05, 4.69) is 5.32 Å². The van der Waals surface area contributed by atoms with Crippen LogP contribution >= 0.6 is 11.8 Å². The third kappa shape index (κ3) is 4.29. The molecule has 0 radical (unpaired) electrons. The number of anilines is 1. The Morgan fingerprint density at radius 1 is 1.10 bits per heavy atom. The van der Waals surface area contributed by atoms with E-state index in [1.165, 1.54) is 0 Å². The van der Waals surface area contributed by atoms with Gasteiger partial charge in [0.15, 0.2) is 0 Å². The van der Waals surface area contributed by atoms with Gasteiger partial charge in [-0.2, -0.15) is 0 Å². The molecule has 0 saturated carbocycles. The van der Waals surface area contributed by atoms with Crippen LogP contribution in [-0.2, 0) is 16.1 Å². The lowest BCUT2D eigenvalue weighted by Gasteiger charge is -2.23. The summed E-state index contributed by atoms with van der Waals surface area (Å²) in [4.78, 5) is 40.9. The number of benzene rings is 2. The van der Waals surface area contributed by atoms with E-state index < -0.39 is 6.04 Å². The monoisotopic (exact) mass is 409 g/mol. The van der Waals surface area contributed by atoms with E-state index in [9.17, 15) is 14.4 Å². The SMILES string of the molecule is O=C(NCc1cccc(N2CCCC2=O)c1)[C@@H]1CSCN1C(=O)c1ccccc1. The van der Waals surface area contributed by atoms with Crippen molar-refractivity contribution in [3.05, 3.63) is 65.7 Å². The van der Waals surface area contributed by atoms with Gasteiger partial charge in [0.05, 0.1) is 5.88 Å². The second-order valence-corrected chi connectivity index (χ2v) is 8.19. The largest absolute Gasteiger partial charge is 0.350 e. The normalized spacial score (nSPS) is 18.9. The number of hydrogen-bond donors (Lipinski definition) is 1. The number of hydrogen-bond acceptors (Lipinski definition) is 4. The topological polar surface area (TPSA) is 69.7 Å². The first kappa shape index (κ1) is 19.5. The van der Waals surface area contributed by atoms with Crippen molar-refractivity contribution in [2.24, 2.45) is 0 Å². The molecule has 2 aliphatic heterocycles. The van der Waals surface area contributed by atoms with Crippen LogP contribution in [0.1, 0.15) is 28.8 Å². The third-order valence-corrected chi connectivity index (χ3v) is 6.24. The maximum Gasteiger partial charge on any atom is 0.255 e. The molecule has 7 heteroatoms. The average Bonchev–Trinajstić information content (AvgIpc) is 3.41. The molecule has 0 aliphatic carbocycles. The van der Waals surface area contributed by atoms with E-state index in [4.69, 9.17) is 0 Å². The van der Waals surface area contributed by atoms with Crippen molar-refractivity contribution in [1.82, 2.24) is 10.2 Å². The lowest BCUT2D eigenvalue weighted by molar-refractivity contribution is -0.124. The van der Waals surface area contributed by atoms with Gasteiger partial charge in [-0.1, -0.05) is 30.3 Å². The number of thioether (sulfide) groups is 1. The zero-order valence-electron chi connectivity index (χ0n) is 16.0. The Balaban J connectivity index is 1.39.